The number of carbonyl (C=O) groups is 2. The molecule has 0 atom stereocenters. The van der Waals surface area contributed by atoms with Gasteiger partial charge in [0.05, 0.1) is 6.54 Å². The zero-order valence-electron chi connectivity index (χ0n) is 14.0. The number of nitrogens with zero attached hydrogens (tertiary/aromatic N) is 1. The standard InChI is InChI=1S/C17H21N3O3S/c1-11(2)19-15(21)8-18-16(22)9-23-14-6-4-13(5-7-14)17-20-12(3)10-24-17/h4-7,10-11H,8-9H2,1-3H3,(H,18,22)(H,19,21). The maximum atomic E-state index is 11.7. The SMILES string of the molecule is Cc1csc(-c2ccc(OCC(=O)NCC(=O)NC(C)C)cc2)n1. The Morgan fingerprint density at radius 1 is 1.21 bits per heavy atom. The Morgan fingerprint density at radius 3 is 2.50 bits per heavy atom. The van der Waals surface area contributed by atoms with Crippen molar-refractivity contribution in [2.75, 3.05) is 13.2 Å². The van der Waals surface area contributed by atoms with Crippen LogP contribution in [0.15, 0.2) is 29.6 Å². The topological polar surface area (TPSA) is 80.3 Å². The molecule has 0 spiro atoms. The fraction of sp³-hybridized carbons (Fsp3) is 0.353. The molecule has 0 saturated carbocycles. The predicted octanol–water partition coefficient (Wildman–Crippen LogP) is 2.14. The van der Waals surface area contributed by atoms with Crippen molar-refractivity contribution in [2.24, 2.45) is 0 Å². The van der Waals surface area contributed by atoms with Gasteiger partial charge in [-0.3, -0.25) is 9.59 Å². The number of rotatable bonds is 7. The van der Waals surface area contributed by atoms with Crippen molar-refractivity contribution in [1.29, 1.82) is 0 Å². The molecule has 1 aromatic heterocycles. The third kappa shape index (κ3) is 5.66. The fourth-order valence-corrected chi connectivity index (χ4v) is 2.74. The van der Waals surface area contributed by atoms with Gasteiger partial charge in [-0.15, -0.1) is 11.3 Å². The van der Waals surface area contributed by atoms with Gasteiger partial charge in [0.15, 0.2) is 6.61 Å². The molecule has 2 N–H and O–H groups in total. The highest BCUT2D eigenvalue weighted by Crippen LogP contribution is 2.25. The van der Waals surface area contributed by atoms with Gasteiger partial charge in [-0.1, -0.05) is 0 Å². The van der Waals surface area contributed by atoms with Crippen LogP contribution in [0.5, 0.6) is 5.75 Å². The fourth-order valence-electron chi connectivity index (χ4n) is 1.93. The van der Waals surface area contributed by atoms with Gasteiger partial charge in [0.1, 0.15) is 10.8 Å². The van der Waals surface area contributed by atoms with E-state index in [9.17, 15) is 9.59 Å². The minimum Gasteiger partial charge on any atom is -0.484 e. The Morgan fingerprint density at radius 2 is 1.92 bits per heavy atom. The molecule has 2 aromatic rings. The van der Waals surface area contributed by atoms with Crippen LogP contribution in [0.25, 0.3) is 10.6 Å². The third-order valence-corrected chi connectivity index (χ3v) is 4.00. The van der Waals surface area contributed by atoms with Gasteiger partial charge in [0.2, 0.25) is 5.91 Å². The summed E-state index contributed by atoms with van der Waals surface area (Å²) in [5, 5.41) is 8.16. The molecule has 6 nitrogen and oxygen atoms in total. The lowest BCUT2D eigenvalue weighted by Crippen LogP contribution is -2.41. The number of aryl methyl sites for hydroxylation is 1. The maximum absolute atomic E-state index is 11.7. The first kappa shape index (κ1) is 17.9. The molecule has 128 valence electrons. The molecule has 0 radical (unpaired) electrons. The number of benzene rings is 1. The van der Waals surface area contributed by atoms with Crippen LogP contribution in [0.1, 0.15) is 19.5 Å². The molecule has 2 amide bonds. The lowest BCUT2D eigenvalue weighted by molar-refractivity contribution is -0.127. The Balaban J connectivity index is 1.78. The predicted molar refractivity (Wildman–Crippen MR) is 94.1 cm³/mol. The average Bonchev–Trinajstić information content (AvgIpc) is 2.97. The average molecular weight is 347 g/mol. The maximum Gasteiger partial charge on any atom is 0.258 e. The number of amides is 2. The summed E-state index contributed by atoms with van der Waals surface area (Å²) in [5.41, 5.74) is 2.00. The second-order valence-electron chi connectivity index (χ2n) is 5.61. The largest absolute Gasteiger partial charge is 0.484 e. The summed E-state index contributed by atoms with van der Waals surface area (Å²) in [7, 11) is 0. The summed E-state index contributed by atoms with van der Waals surface area (Å²) in [4.78, 5) is 27.5. The molecule has 0 aliphatic rings. The van der Waals surface area contributed by atoms with Crippen LogP contribution in [0.3, 0.4) is 0 Å². The van der Waals surface area contributed by atoms with Crippen LogP contribution in [0.4, 0.5) is 0 Å². The van der Waals surface area contributed by atoms with Crippen LogP contribution in [0.2, 0.25) is 0 Å². The molecule has 1 aromatic carbocycles. The molecule has 0 fully saturated rings. The highest BCUT2D eigenvalue weighted by molar-refractivity contribution is 7.13. The van der Waals surface area contributed by atoms with E-state index >= 15 is 0 Å². The van der Waals surface area contributed by atoms with Gasteiger partial charge >= 0.3 is 0 Å². The first-order valence-corrected chi connectivity index (χ1v) is 8.53. The van der Waals surface area contributed by atoms with Gasteiger partial charge < -0.3 is 15.4 Å². The highest BCUT2D eigenvalue weighted by Gasteiger charge is 2.08. The van der Waals surface area contributed by atoms with Gasteiger partial charge in [0, 0.05) is 22.7 Å². The summed E-state index contributed by atoms with van der Waals surface area (Å²) in [6.07, 6.45) is 0. The van der Waals surface area contributed by atoms with Gasteiger partial charge in [-0.05, 0) is 45.0 Å². The quantitative estimate of drug-likeness (QED) is 0.804. The van der Waals surface area contributed by atoms with Gasteiger partial charge in [-0.2, -0.15) is 0 Å². The van der Waals surface area contributed by atoms with Crippen molar-refractivity contribution in [3.8, 4) is 16.3 Å². The van der Waals surface area contributed by atoms with Crippen LogP contribution in [-0.2, 0) is 9.59 Å². The second kappa shape index (κ2) is 8.44. The second-order valence-corrected chi connectivity index (χ2v) is 6.46. The van der Waals surface area contributed by atoms with Crippen molar-refractivity contribution >= 4 is 23.2 Å². The first-order chi connectivity index (χ1) is 11.4. The summed E-state index contributed by atoms with van der Waals surface area (Å²) < 4.78 is 5.42. The van der Waals surface area contributed by atoms with Crippen LogP contribution in [0, 0.1) is 6.92 Å². The smallest absolute Gasteiger partial charge is 0.258 e. The number of aromatic nitrogens is 1. The number of carbonyl (C=O) groups excluding carboxylic acids is 2. The molecule has 0 bridgehead atoms. The molecule has 0 unspecified atom stereocenters. The molecule has 2 rings (SSSR count). The Kier molecular flexibility index (Phi) is 6.31. The van der Waals surface area contributed by atoms with Crippen molar-refractivity contribution in [3.05, 3.63) is 35.3 Å². The Hall–Kier alpha value is -2.41. The molecule has 0 saturated heterocycles. The molecular weight excluding hydrogens is 326 g/mol. The number of hydrogen-bond acceptors (Lipinski definition) is 5. The van der Waals surface area contributed by atoms with E-state index in [2.05, 4.69) is 15.6 Å². The first-order valence-electron chi connectivity index (χ1n) is 7.65. The number of hydrogen-bond donors (Lipinski definition) is 2. The molecular formula is C17H21N3O3S. The Bertz CT molecular complexity index is 695. The van der Waals surface area contributed by atoms with E-state index in [-0.39, 0.29) is 31.0 Å². The minimum absolute atomic E-state index is 0.0470. The summed E-state index contributed by atoms with van der Waals surface area (Å²) in [5.74, 6) is 0.0313. The third-order valence-electron chi connectivity index (χ3n) is 2.99. The Labute approximate surface area is 145 Å². The lowest BCUT2D eigenvalue weighted by Gasteiger charge is -2.10. The summed E-state index contributed by atoms with van der Waals surface area (Å²) >= 11 is 1.59. The van der Waals surface area contributed by atoms with Crippen molar-refractivity contribution in [2.45, 2.75) is 26.8 Å². The van der Waals surface area contributed by atoms with Gasteiger partial charge in [0.25, 0.3) is 5.91 Å². The highest BCUT2D eigenvalue weighted by atomic mass is 32.1. The van der Waals surface area contributed by atoms with Gasteiger partial charge in [-0.25, -0.2) is 4.98 Å². The van der Waals surface area contributed by atoms with E-state index in [4.69, 9.17) is 4.74 Å². The van der Waals surface area contributed by atoms with Crippen molar-refractivity contribution < 1.29 is 14.3 Å². The monoisotopic (exact) mass is 347 g/mol. The number of nitrogens with one attached hydrogen (secondary N) is 2. The number of thiazole rings is 1. The van der Waals surface area contributed by atoms with Crippen LogP contribution < -0.4 is 15.4 Å². The molecule has 24 heavy (non-hydrogen) atoms. The zero-order chi connectivity index (χ0) is 17.5. The van der Waals surface area contributed by atoms with E-state index in [0.29, 0.717) is 5.75 Å². The molecule has 1 heterocycles. The van der Waals surface area contributed by atoms with E-state index in [0.717, 1.165) is 16.3 Å². The van der Waals surface area contributed by atoms with E-state index in [1.807, 2.05) is 38.3 Å². The van der Waals surface area contributed by atoms with Crippen molar-refractivity contribution in [3.63, 3.8) is 0 Å². The van der Waals surface area contributed by atoms with E-state index in [1.54, 1.807) is 23.5 Å². The lowest BCUT2D eigenvalue weighted by atomic mass is 10.2. The van der Waals surface area contributed by atoms with Crippen LogP contribution in [-0.4, -0.2) is 36.0 Å². The summed E-state index contributed by atoms with van der Waals surface area (Å²) in [6.45, 7) is 5.49. The van der Waals surface area contributed by atoms with E-state index in [1.165, 1.54) is 0 Å². The molecule has 0 aliphatic carbocycles. The normalized spacial score (nSPS) is 10.5. The molecule has 0 aliphatic heterocycles. The summed E-state index contributed by atoms with van der Waals surface area (Å²) in [6, 6.07) is 7.45. The zero-order valence-corrected chi connectivity index (χ0v) is 14.8. The minimum atomic E-state index is -0.339. The molecule has 7 heteroatoms. The van der Waals surface area contributed by atoms with Crippen molar-refractivity contribution in [1.82, 2.24) is 15.6 Å². The number of ether oxygens (including phenoxy) is 1. The van der Waals surface area contributed by atoms with E-state index < -0.39 is 0 Å². The van der Waals surface area contributed by atoms with Crippen LogP contribution >= 0.6 is 11.3 Å².